The van der Waals surface area contributed by atoms with Gasteiger partial charge in [-0.05, 0) is 85.2 Å². The molecule has 3 aliphatic rings. The Morgan fingerprint density at radius 1 is 0.906 bits per heavy atom. The molecule has 0 bridgehead atoms. The first kappa shape index (κ1) is 46.6. The Kier molecular flexibility index (Phi) is 18.9. The number of aliphatic carboxylic acids is 2. The summed E-state index contributed by atoms with van der Waals surface area (Å²) >= 11 is 1.88. The number of para-hydroxylation sites is 2. The molecule has 17 heteroatoms. The molecule has 2 saturated heterocycles. The highest BCUT2D eigenvalue weighted by molar-refractivity contribution is 7.99. The molecule has 6 N–H and O–H groups in total. The summed E-state index contributed by atoms with van der Waals surface area (Å²) < 4.78 is 23.0. The van der Waals surface area contributed by atoms with Crippen molar-refractivity contribution >= 4 is 47.5 Å². The molecule has 8 unspecified atom stereocenters. The van der Waals surface area contributed by atoms with Crippen molar-refractivity contribution in [3.63, 3.8) is 0 Å². The molecule has 0 amide bonds. The monoisotopic (exact) mass is 789 g/mol. The lowest BCUT2D eigenvalue weighted by atomic mass is 10.1. The minimum absolute atomic E-state index is 0. The number of ether oxygens (including phenoxy) is 4. The lowest BCUT2D eigenvalue weighted by Gasteiger charge is -2.35. The Morgan fingerprint density at radius 3 is 1.91 bits per heavy atom. The summed E-state index contributed by atoms with van der Waals surface area (Å²) in [4.78, 5) is 29.1. The molecule has 0 radical (unpaired) electrons. The molecule has 15 nitrogen and oxygen atoms in total. The lowest BCUT2D eigenvalue weighted by Crippen LogP contribution is -2.44. The van der Waals surface area contributed by atoms with Gasteiger partial charge in [-0.3, -0.25) is 0 Å². The van der Waals surface area contributed by atoms with Gasteiger partial charge in [0.15, 0.2) is 24.3 Å². The van der Waals surface area contributed by atoms with E-state index in [9.17, 15) is 14.7 Å². The first-order chi connectivity index (χ1) is 24.4. The van der Waals surface area contributed by atoms with E-state index in [1.807, 2.05) is 39.7 Å². The fourth-order valence-electron chi connectivity index (χ4n) is 5.95. The van der Waals surface area contributed by atoms with Crippen LogP contribution in [0.3, 0.4) is 0 Å². The van der Waals surface area contributed by atoms with Crippen LogP contribution in [0.5, 0.6) is 0 Å². The maximum atomic E-state index is 9.88. The predicted octanol–water partition coefficient (Wildman–Crippen LogP) is 2.34. The summed E-state index contributed by atoms with van der Waals surface area (Å²) in [5.41, 5.74) is 2.68. The van der Waals surface area contributed by atoms with E-state index < -0.39 is 54.5 Å². The van der Waals surface area contributed by atoms with Gasteiger partial charge in [-0.15, -0.1) is 12.4 Å². The van der Waals surface area contributed by atoms with Gasteiger partial charge >= 0.3 is 11.9 Å². The number of carboxylic acids is 2. The zero-order chi connectivity index (χ0) is 38.7. The lowest BCUT2D eigenvalue weighted by molar-refractivity contribution is -0.231. The Morgan fingerprint density at radius 2 is 1.43 bits per heavy atom. The van der Waals surface area contributed by atoms with E-state index in [4.69, 9.17) is 44.5 Å². The Hall–Kier alpha value is -2.58. The fourth-order valence-corrected chi connectivity index (χ4v) is 7.04. The third-order valence-corrected chi connectivity index (χ3v) is 9.29. The van der Waals surface area contributed by atoms with E-state index in [2.05, 4.69) is 84.2 Å². The molecule has 53 heavy (non-hydrogen) atoms. The van der Waals surface area contributed by atoms with Crippen molar-refractivity contribution < 1.29 is 59.2 Å². The van der Waals surface area contributed by atoms with Crippen LogP contribution in [0.4, 0.5) is 11.4 Å². The van der Waals surface area contributed by atoms with E-state index in [1.54, 1.807) is 0 Å². The smallest absolute Gasteiger partial charge is 0.335 e. The summed E-state index contributed by atoms with van der Waals surface area (Å²) in [6.07, 6.45) is -6.70. The van der Waals surface area contributed by atoms with Crippen LogP contribution < -0.4 is 4.90 Å². The van der Waals surface area contributed by atoms with Gasteiger partial charge in [0, 0.05) is 29.5 Å². The molecule has 2 aromatic carbocycles. The maximum Gasteiger partial charge on any atom is 0.335 e. The summed E-state index contributed by atoms with van der Waals surface area (Å²) in [5.74, 6) is -3.65. The third kappa shape index (κ3) is 13.6. The van der Waals surface area contributed by atoms with Gasteiger partial charge in [0.2, 0.25) is 0 Å². The number of hydrogen-bond donors (Lipinski definition) is 6. The van der Waals surface area contributed by atoms with E-state index >= 15 is 0 Å². The van der Waals surface area contributed by atoms with Crippen molar-refractivity contribution in [1.82, 2.24) is 9.80 Å². The van der Waals surface area contributed by atoms with Crippen molar-refractivity contribution in [1.29, 1.82) is 0 Å². The molecule has 3 aliphatic heterocycles. The van der Waals surface area contributed by atoms with Crippen LogP contribution in [0.25, 0.3) is 0 Å². The van der Waals surface area contributed by atoms with Crippen LogP contribution in [0.1, 0.15) is 27.2 Å². The highest BCUT2D eigenvalue weighted by Gasteiger charge is 2.56. The average molecular weight is 790 g/mol. The van der Waals surface area contributed by atoms with Crippen LogP contribution in [0.2, 0.25) is 0 Å². The zero-order valence-corrected chi connectivity index (χ0v) is 32.9. The topological polar surface area (TPSA) is 202 Å². The summed E-state index contributed by atoms with van der Waals surface area (Å²) in [7, 11) is 8.29. The second-order valence-electron chi connectivity index (χ2n) is 13.9. The molecule has 300 valence electrons. The van der Waals surface area contributed by atoms with Crippen molar-refractivity contribution in [3.05, 3.63) is 48.5 Å². The van der Waals surface area contributed by atoms with E-state index in [0.29, 0.717) is 12.5 Å². The van der Waals surface area contributed by atoms with Crippen molar-refractivity contribution in [2.45, 2.75) is 85.7 Å². The zero-order valence-electron chi connectivity index (χ0n) is 31.3. The number of aliphatic hydroxyl groups excluding tert-OH is 4. The number of nitrogens with zero attached hydrogens (tertiary/aromatic N) is 3. The largest absolute Gasteiger partial charge is 0.479 e. The van der Waals surface area contributed by atoms with Crippen LogP contribution in [-0.2, 0) is 28.5 Å². The molecule has 0 saturated carbocycles. The molecule has 2 aromatic rings. The standard InChI is InChI=1S/C18H22N2S.C14H27NO6.C4H6O6.ClH/c1-14(12-19(2)3)13-20-15-8-4-6-10-17(15)21-18-11-7-5-9-16(18)20;1-14(2)20-12-11(18-7-5-6-15(3)4)10(9(17)8-16)19-13(12)21-14;5-1(3(7)8)2(6)4(9)10;/h4-11,14H,12-13H2,1-3H3;9-13,16-17H,5-8H2,1-4H3;1-2,5-6H,(H,7,8)(H,9,10);1H. The minimum Gasteiger partial charge on any atom is -0.479 e. The molecule has 5 rings (SSSR count). The molecular weight excluding hydrogens is 734 g/mol. The number of fused-ring (bicyclic) bond motifs is 3. The predicted molar refractivity (Wildman–Crippen MR) is 201 cm³/mol. The summed E-state index contributed by atoms with van der Waals surface area (Å²) in [5, 5.41) is 51.6. The number of carbonyl (C=O) groups is 2. The number of carboxylic acid groups (broad SMARTS) is 2. The van der Waals surface area contributed by atoms with E-state index in [1.165, 1.54) is 21.2 Å². The van der Waals surface area contributed by atoms with Gasteiger partial charge in [-0.25, -0.2) is 9.59 Å². The Balaban J connectivity index is 0.000000291. The molecule has 0 aromatic heterocycles. The summed E-state index contributed by atoms with van der Waals surface area (Å²) in [6.45, 7) is 9.18. The van der Waals surface area contributed by atoms with Crippen molar-refractivity contribution in [2.24, 2.45) is 5.92 Å². The van der Waals surface area contributed by atoms with E-state index in [0.717, 1.165) is 26.1 Å². The molecular formula is C36H56ClN3O12S. The van der Waals surface area contributed by atoms with Crippen LogP contribution in [-0.4, -0.2) is 162 Å². The number of anilines is 2. The number of halogens is 1. The van der Waals surface area contributed by atoms with Gasteiger partial charge in [0.05, 0.1) is 18.0 Å². The first-order valence-corrected chi connectivity index (χ1v) is 17.9. The SMILES string of the molecule is CC(CN(C)C)CN1c2ccccc2Sc2ccccc21.CN(C)CCCOC1C(C(O)CO)OC2OC(C)(C)OC21.Cl.O=C(O)C(O)C(O)C(=O)O. The summed E-state index contributed by atoms with van der Waals surface area (Å²) in [6, 6.07) is 17.4. The van der Waals surface area contributed by atoms with Gasteiger partial charge in [-0.2, -0.15) is 0 Å². The number of aliphatic hydroxyl groups is 4. The van der Waals surface area contributed by atoms with Crippen molar-refractivity contribution in [2.75, 3.05) is 65.9 Å². The minimum atomic E-state index is -2.27. The number of rotatable bonds is 14. The van der Waals surface area contributed by atoms with Crippen LogP contribution >= 0.6 is 24.2 Å². The van der Waals surface area contributed by atoms with Gasteiger partial charge < -0.3 is 64.3 Å². The highest BCUT2D eigenvalue weighted by atomic mass is 35.5. The maximum absolute atomic E-state index is 9.88. The number of hydrogen-bond acceptors (Lipinski definition) is 14. The molecule has 0 spiro atoms. The fraction of sp³-hybridized carbons (Fsp3) is 0.611. The van der Waals surface area contributed by atoms with Crippen LogP contribution in [0.15, 0.2) is 58.3 Å². The molecule has 3 heterocycles. The molecule has 8 atom stereocenters. The molecule has 0 aliphatic carbocycles. The first-order valence-electron chi connectivity index (χ1n) is 17.1. The van der Waals surface area contributed by atoms with Crippen molar-refractivity contribution in [3.8, 4) is 0 Å². The third-order valence-electron chi connectivity index (χ3n) is 8.16. The average Bonchev–Trinajstić information content (AvgIpc) is 3.56. The normalized spacial score (nSPS) is 23.2. The second-order valence-corrected chi connectivity index (χ2v) is 15.0. The quantitative estimate of drug-likeness (QED) is 0.152. The van der Waals surface area contributed by atoms with Gasteiger partial charge in [0.1, 0.15) is 24.4 Å². The van der Waals surface area contributed by atoms with E-state index in [-0.39, 0.29) is 25.1 Å². The van der Waals surface area contributed by atoms with Crippen LogP contribution in [0, 0.1) is 5.92 Å². The van der Waals surface area contributed by atoms with Gasteiger partial charge in [0.25, 0.3) is 0 Å². The highest BCUT2D eigenvalue weighted by Crippen LogP contribution is 2.48. The number of benzene rings is 2. The molecule has 2 fully saturated rings. The Labute approximate surface area is 321 Å². The second kappa shape index (κ2) is 21.5. The Bertz CT molecular complexity index is 1380. The van der Waals surface area contributed by atoms with Gasteiger partial charge in [-0.1, -0.05) is 43.0 Å².